The highest BCUT2D eigenvalue weighted by Gasteiger charge is 2.13. The van der Waals surface area contributed by atoms with Crippen LogP contribution in [0.4, 0.5) is 0 Å². The monoisotopic (exact) mass is 284 g/mol. The summed E-state index contributed by atoms with van der Waals surface area (Å²) in [6.07, 6.45) is 0.277. The number of aryl methyl sites for hydroxylation is 1. The minimum atomic E-state index is -0.920. The van der Waals surface area contributed by atoms with Gasteiger partial charge in [0, 0.05) is 17.3 Å². The number of rotatable bonds is 5. The molecule has 0 saturated carbocycles. The van der Waals surface area contributed by atoms with Crippen molar-refractivity contribution in [3.63, 3.8) is 0 Å². The van der Waals surface area contributed by atoms with Gasteiger partial charge < -0.3 is 5.11 Å². The number of carboxylic acid groups (broad SMARTS) is 1. The normalized spacial score (nSPS) is 10.1. The van der Waals surface area contributed by atoms with E-state index in [1.165, 1.54) is 0 Å². The molecule has 0 saturated heterocycles. The van der Waals surface area contributed by atoms with Crippen molar-refractivity contribution in [2.24, 2.45) is 0 Å². The zero-order valence-electron chi connectivity index (χ0n) is 9.00. The highest BCUT2D eigenvalue weighted by Crippen LogP contribution is 2.15. The van der Waals surface area contributed by atoms with E-state index in [0.717, 1.165) is 5.56 Å². The molecule has 0 atom stereocenters. The number of hydrogen-bond acceptors (Lipinski definition) is 2. The molecule has 1 rings (SSSR count). The molecule has 0 unspecified atom stereocenters. The van der Waals surface area contributed by atoms with E-state index in [1.54, 1.807) is 12.1 Å². The molecule has 4 heteroatoms. The number of carboxylic acids is 1. The van der Waals surface area contributed by atoms with Gasteiger partial charge in [0.1, 0.15) is 0 Å². The molecule has 0 fully saturated rings. The van der Waals surface area contributed by atoms with Crippen LogP contribution in [0.2, 0.25) is 0 Å². The first-order chi connectivity index (χ1) is 7.54. The zero-order chi connectivity index (χ0) is 12.1. The molecule has 0 amide bonds. The molecule has 0 aliphatic heterocycles. The van der Waals surface area contributed by atoms with Gasteiger partial charge in [-0.05, 0) is 18.6 Å². The molecule has 16 heavy (non-hydrogen) atoms. The number of benzene rings is 1. The van der Waals surface area contributed by atoms with Gasteiger partial charge in [0.15, 0.2) is 5.78 Å². The van der Waals surface area contributed by atoms with Crippen molar-refractivity contribution in [2.75, 3.05) is 5.33 Å². The van der Waals surface area contributed by atoms with Crippen LogP contribution in [-0.2, 0) is 11.2 Å². The quantitative estimate of drug-likeness (QED) is 0.668. The first-order valence-electron chi connectivity index (χ1n) is 4.95. The molecule has 0 heterocycles. The van der Waals surface area contributed by atoms with Gasteiger partial charge >= 0.3 is 5.97 Å². The third-order valence-corrected chi connectivity index (χ3v) is 2.63. The van der Waals surface area contributed by atoms with Crippen LogP contribution in [0, 0.1) is 6.92 Å². The molecule has 3 nitrogen and oxygen atoms in total. The van der Waals surface area contributed by atoms with E-state index < -0.39 is 5.97 Å². The summed E-state index contributed by atoms with van der Waals surface area (Å²) in [6, 6.07) is 5.29. The van der Waals surface area contributed by atoms with Crippen molar-refractivity contribution in [1.82, 2.24) is 0 Å². The van der Waals surface area contributed by atoms with Crippen LogP contribution in [0.1, 0.15) is 27.9 Å². The summed E-state index contributed by atoms with van der Waals surface area (Å²) in [5.41, 5.74) is 2.08. The molecule has 1 N–H and O–H groups in total. The van der Waals surface area contributed by atoms with E-state index in [9.17, 15) is 9.59 Å². The summed E-state index contributed by atoms with van der Waals surface area (Å²) < 4.78 is 0. The van der Waals surface area contributed by atoms with E-state index in [0.29, 0.717) is 22.9 Å². The molecular formula is C12H13BrO3. The summed E-state index contributed by atoms with van der Waals surface area (Å²) in [7, 11) is 0. The lowest BCUT2D eigenvalue weighted by atomic mass is 9.97. The number of carbonyl (C=O) groups excluding carboxylic acids is 1. The Balaban J connectivity index is 3.07. The number of halogens is 1. The number of alkyl halides is 1. The van der Waals surface area contributed by atoms with Gasteiger partial charge in [-0.3, -0.25) is 9.59 Å². The second-order valence-electron chi connectivity index (χ2n) is 3.59. The maximum atomic E-state index is 11.8. The first-order valence-corrected chi connectivity index (χ1v) is 6.07. The van der Waals surface area contributed by atoms with Crippen LogP contribution in [0.15, 0.2) is 18.2 Å². The highest BCUT2D eigenvalue weighted by atomic mass is 79.9. The number of carbonyl (C=O) groups is 2. The Labute approximate surface area is 103 Å². The van der Waals surface area contributed by atoms with Crippen molar-refractivity contribution < 1.29 is 14.7 Å². The van der Waals surface area contributed by atoms with Crippen LogP contribution in [0.3, 0.4) is 0 Å². The van der Waals surface area contributed by atoms with Crippen molar-refractivity contribution in [2.45, 2.75) is 19.8 Å². The number of hydrogen-bond donors (Lipinski definition) is 1. The fourth-order valence-corrected chi connectivity index (χ4v) is 1.85. The molecule has 0 spiro atoms. The van der Waals surface area contributed by atoms with Crippen molar-refractivity contribution in [3.8, 4) is 0 Å². The molecule has 86 valence electrons. The Kier molecular flexibility index (Phi) is 4.68. The van der Waals surface area contributed by atoms with Crippen molar-refractivity contribution in [3.05, 3.63) is 34.9 Å². The zero-order valence-corrected chi connectivity index (χ0v) is 10.6. The van der Waals surface area contributed by atoms with Crippen molar-refractivity contribution >= 4 is 27.7 Å². The fraction of sp³-hybridized carbons (Fsp3) is 0.333. The smallest absolute Gasteiger partial charge is 0.307 e. The minimum absolute atomic E-state index is 0.0168. The van der Waals surface area contributed by atoms with Crippen LogP contribution in [0.25, 0.3) is 0 Å². The lowest BCUT2D eigenvalue weighted by molar-refractivity contribution is -0.136. The fourth-order valence-electron chi connectivity index (χ4n) is 1.49. The average Bonchev–Trinajstić information content (AvgIpc) is 2.20. The second kappa shape index (κ2) is 5.80. The maximum Gasteiger partial charge on any atom is 0.307 e. The summed E-state index contributed by atoms with van der Waals surface area (Å²) in [5, 5.41) is 9.34. The van der Waals surface area contributed by atoms with E-state index in [-0.39, 0.29) is 12.2 Å². The van der Waals surface area contributed by atoms with Gasteiger partial charge in [0.25, 0.3) is 0 Å². The SMILES string of the molecule is Cc1ccc(CC(=O)O)c(C(=O)CCBr)c1. The highest BCUT2D eigenvalue weighted by molar-refractivity contribution is 9.09. The lowest BCUT2D eigenvalue weighted by Crippen LogP contribution is -2.09. The third kappa shape index (κ3) is 3.45. The number of Topliss-reactive ketones (excluding diaryl/α,β-unsaturated/α-hetero) is 1. The van der Waals surface area contributed by atoms with Crippen LogP contribution < -0.4 is 0 Å². The summed E-state index contributed by atoms with van der Waals surface area (Å²) in [4.78, 5) is 22.4. The Morgan fingerprint density at radius 2 is 2.06 bits per heavy atom. The molecule has 0 radical (unpaired) electrons. The third-order valence-electron chi connectivity index (χ3n) is 2.23. The minimum Gasteiger partial charge on any atom is -0.481 e. The molecule has 0 aliphatic rings. The Bertz CT molecular complexity index is 413. The first kappa shape index (κ1) is 12.9. The summed E-state index contributed by atoms with van der Waals surface area (Å²) >= 11 is 3.20. The Morgan fingerprint density at radius 3 is 2.62 bits per heavy atom. The van der Waals surface area contributed by atoms with Gasteiger partial charge in [-0.1, -0.05) is 33.6 Å². The Hall–Kier alpha value is -1.16. The maximum absolute atomic E-state index is 11.8. The van der Waals surface area contributed by atoms with E-state index in [1.807, 2.05) is 13.0 Å². The van der Waals surface area contributed by atoms with Gasteiger partial charge in [0.2, 0.25) is 0 Å². The molecule has 1 aromatic rings. The summed E-state index contributed by atoms with van der Waals surface area (Å²) in [5.74, 6) is -0.937. The second-order valence-corrected chi connectivity index (χ2v) is 4.39. The molecule has 0 bridgehead atoms. The number of ketones is 1. The number of aliphatic carboxylic acids is 1. The van der Waals surface area contributed by atoms with Crippen LogP contribution in [-0.4, -0.2) is 22.2 Å². The van der Waals surface area contributed by atoms with Crippen molar-refractivity contribution in [1.29, 1.82) is 0 Å². The van der Waals surface area contributed by atoms with E-state index in [4.69, 9.17) is 5.11 Å². The largest absolute Gasteiger partial charge is 0.481 e. The molecule has 1 aromatic carbocycles. The van der Waals surface area contributed by atoms with Gasteiger partial charge in [-0.25, -0.2) is 0 Å². The van der Waals surface area contributed by atoms with E-state index >= 15 is 0 Å². The predicted molar refractivity (Wildman–Crippen MR) is 65.3 cm³/mol. The standard InChI is InChI=1S/C12H13BrO3/c1-8-2-3-9(7-12(15)16)10(6-8)11(14)4-5-13/h2-3,6H,4-5,7H2,1H3,(H,15,16). The Morgan fingerprint density at radius 1 is 1.38 bits per heavy atom. The molecular weight excluding hydrogens is 272 g/mol. The topological polar surface area (TPSA) is 54.4 Å². The lowest BCUT2D eigenvalue weighted by Gasteiger charge is -2.07. The van der Waals surface area contributed by atoms with Crippen LogP contribution in [0.5, 0.6) is 0 Å². The van der Waals surface area contributed by atoms with Crippen LogP contribution >= 0.6 is 15.9 Å². The van der Waals surface area contributed by atoms with Gasteiger partial charge in [-0.2, -0.15) is 0 Å². The summed E-state index contributed by atoms with van der Waals surface area (Å²) in [6.45, 7) is 1.88. The van der Waals surface area contributed by atoms with Gasteiger partial charge in [-0.15, -0.1) is 0 Å². The van der Waals surface area contributed by atoms with E-state index in [2.05, 4.69) is 15.9 Å². The molecule has 0 aliphatic carbocycles. The molecule has 0 aromatic heterocycles. The predicted octanol–water partition coefficient (Wildman–Crippen LogP) is 2.59. The van der Waals surface area contributed by atoms with Gasteiger partial charge in [0.05, 0.1) is 6.42 Å². The average molecular weight is 285 g/mol.